The number of benzene rings is 1. The van der Waals surface area contributed by atoms with Crippen LogP contribution in [0.4, 0.5) is 11.4 Å². The summed E-state index contributed by atoms with van der Waals surface area (Å²) in [5.74, 6) is 0.480. The molecule has 1 atom stereocenters. The third-order valence-corrected chi connectivity index (χ3v) is 4.38. The van der Waals surface area contributed by atoms with Crippen molar-refractivity contribution in [1.82, 2.24) is 0 Å². The maximum atomic E-state index is 12.1. The Kier molecular flexibility index (Phi) is 4.76. The lowest BCUT2D eigenvalue weighted by molar-refractivity contribution is -0.120. The van der Waals surface area contributed by atoms with Gasteiger partial charge in [0.1, 0.15) is 6.73 Å². The number of hydrogen-bond acceptors (Lipinski definition) is 3. The molecule has 3 rings (SSSR count). The lowest BCUT2D eigenvalue weighted by Gasteiger charge is -2.29. The van der Waals surface area contributed by atoms with E-state index in [1.54, 1.807) is 12.0 Å². The number of rotatable bonds is 5. The summed E-state index contributed by atoms with van der Waals surface area (Å²) < 4.78 is 5.11. The number of amides is 2. The van der Waals surface area contributed by atoms with Crippen molar-refractivity contribution in [3.63, 3.8) is 0 Å². The van der Waals surface area contributed by atoms with Gasteiger partial charge in [-0.05, 0) is 48.9 Å². The zero-order valence-electron chi connectivity index (χ0n) is 13.4. The first-order valence-corrected chi connectivity index (χ1v) is 8.06. The lowest BCUT2D eigenvalue weighted by atomic mass is 10.0. The van der Waals surface area contributed by atoms with Crippen LogP contribution in [0.3, 0.4) is 0 Å². The molecule has 0 aromatic heterocycles. The zero-order valence-corrected chi connectivity index (χ0v) is 13.4. The third kappa shape index (κ3) is 3.62. The second-order valence-electron chi connectivity index (χ2n) is 6.10. The molecule has 0 unspecified atom stereocenters. The fourth-order valence-electron chi connectivity index (χ4n) is 3.22. The van der Waals surface area contributed by atoms with Crippen molar-refractivity contribution in [1.29, 1.82) is 0 Å². The number of allylic oxidation sites excluding steroid dienone is 2. The molecule has 1 aromatic carbocycles. The largest absolute Gasteiger partial charge is 0.364 e. The number of carbonyl (C=O) groups is 2. The second-order valence-corrected chi connectivity index (χ2v) is 6.10. The van der Waals surface area contributed by atoms with Crippen molar-refractivity contribution in [3.8, 4) is 0 Å². The van der Waals surface area contributed by atoms with Gasteiger partial charge in [-0.2, -0.15) is 0 Å². The van der Waals surface area contributed by atoms with Crippen molar-refractivity contribution in [3.05, 3.63) is 35.9 Å². The Balaban J connectivity index is 1.69. The first-order valence-electron chi connectivity index (χ1n) is 8.06. The summed E-state index contributed by atoms with van der Waals surface area (Å²) in [4.78, 5) is 25.7. The van der Waals surface area contributed by atoms with E-state index in [-0.39, 0.29) is 18.5 Å². The molecule has 0 spiro atoms. The zero-order chi connectivity index (χ0) is 16.2. The van der Waals surface area contributed by atoms with E-state index >= 15 is 0 Å². The molecule has 0 fully saturated rings. The first-order chi connectivity index (χ1) is 11.2. The van der Waals surface area contributed by atoms with Crippen molar-refractivity contribution >= 4 is 23.2 Å². The molecule has 0 saturated heterocycles. The summed E-state index contributed by atoms with van der Waals surface area (Å²) in [5, 5.41) is 2.97. The molecule has 1 heterocycles. The van der Waals surface area contributed by atoms with Crippen molar-refractivity contribution in [2.75, 3.05) is 24.1 Å². The van der Waals surface area contributed by atoms with E-state index in [2.05, 4.69) is 17.5 Å². The Labute approximate surface area is 136 Å². The summed E-state index contributed by atoms with van der Waals surface area (Å²) >= 11 is 0. The number of nitrogens with zero attached hydrogens (tertiary/aromatic N) is 1. The van der Waals surface area contributed by atoms with E-state index in [9.17, 15) is 9.59 Å². The number of ether oxygens (including phenoxy) is 1. The number of aryl methyl sites for hydroxylation is 1. The highest BCUT2D eigenvalue weighted by atomic mass is 16.5. The van der Waals surface area contributed by atoms with E-state index in [1.165, 1.54) is 0 Å². The van der Waals surface area contributed by atoms with Gasteiger partial charge >= 0.3 is 0 Å². The number of anilines is 2. The molecule has 1 aliphatic carbocycles. The van der Waals surface area contributed by atoms with Crippen molar-refractivity contribution in [2.45, 2.75) is 32.1 Å². The summed E-state index contributed by atoms with van der Waals surface area (Å²) in [6, 6.07) is 5.70. The Morgan fingerprint density at radius 2 is 2.26 bits per heavy atom. The Bertz CT molecular complexity index is 639. The van der Waals surface area contributed by atoms with Gasteiger partial charge < -0.3 is 10.1 Å². The van der Waals surface area contributed by atoms with Gasteiger partial charge in [-0.25, -0.2) is 0 Å². The molecule has 0 radical (unpaired) electrons. The van der Waals surface area contributed by atoms with Crippen LogP contribution in [0, 0.1) is 5.92 Å². The molecule has 2 amide bonds. The Hall–Kier alpha value is -2.14. The number of fused-ring (bicyclic) bond motifs is 1. The van der Waals surface area contributed by atoms with Crippen LogP contribution in [-0.2, 0) is 20.7 Å². The van der Waals surface area contributed by atoms with Gasteiger partial charge in [0.05, 0.1) is 0 Å². The van der Waals surface area contributed by atoms with Crippen LogP contribution in [0.15, 0.2) is 30.4 Å². The predicted molar refractivity (Wildman–Crippen MR) is 89.2 cm³/mol. The SMILES string of the molecule is COCN1C(=O)CCc2cc(NC(=O)C[C@H]3C=CCC3)ccc21. The number of carbonyl (C=O) groups excluding carboxylic acids is 2. The molecule has 122 valence electrons. The monoisotopic (exact) mass is 314 g/mol. The highest BCUT2D eigenvalue weighted by Crippen LogP contribution is 2.30. The van der Waals surface area contributed by atoms with Gasteiger partial charge in [-0.1, -0.05) is 12.2 Å². The van der Waals surface area contributed by atoms with Crippen LogP contribution in [0.25, 0.3) is 0 Å². The molecule has 5 nitrogen and oxygen atoms in total. The van der Waals surface area contributed by atoms with E-state index < -0.39 is 0 Å². The van der Waals surface area contributed by atoms with Crippen molar-refractivity contribution in [2.24, 2.45) is 5.92 Å². The molecule has 1 N–H and O–H groups in total. The Morgan fingerprint density at radius 1 is 1.39 bits per heavy atom. The first kappa shape index (κ1) is 15.7. The minimum Gasteiger partial charge on any atom is -0.364 e. The molecule has 1 aliphatic heterocycles. The molecule has 0 bridgehead atoms. The highest BCUT2D eigenvalue weighted by Gasteiger charge is 2.24. The summed E-state index contributed by atoms with van der Waals surface area (Å²) in [7, 11) is 1.58. The number of hydrogen-bond donors (Lipinski definition) is 1. The average Bonchev–Trinajstić information content (AvgIpc) is 3.03. The van der Waals surface area contributed by atoms with Crippen molar-refractivity contribution < 1.29 is 14.3 Å². The van der Waals surface area contributed by atoms with Gasteiger partial charge in [0.25, 0.3) is 0 Å². The fraction of sp³-hybridized carbons (Fsp3) is 0.444. The second kappa shape index (κ2) is 6.96. The lowest BCUT2D eigenvalue weighted by Crippen LogP contribution is -2.36. The molecular weight excluding hydrogens is 292 g/mol. The standard InChI is InChI=1S/C18H22N2O3/c1-23-12-20-16-8-7-15(11-14(16)6-9-18(20)22)19-17(21)10-13-4-2-3-5-13/h2,4,7-8,11,13H,3,5-6,9-10,12H2,1H3,(H,19,21)/t13-/m0/s1. The van der Waals surface area contributed by atoms with Crippen LogP contribution in [0.1, 0.15) is 31.2 Å². The van der Waals surface area contributed by atoms with Crippen LogP contribution >= 0.6 is 0 Å². The number of nitrogens with one attached hydrogen (secondary N) is 1. The molecule has 2 aliphatic rings. The normalized spacial score (nSPS) is 19.8. The topological polar surface area (TPSA) is 58.6 Å². The summed E-state index contributed by atoms with van der Waals surface area (Å²) in [6.45, 7) is 0.256. The smallest absolute Gasteiger partial charge is 0.229 e. The van der Waals surface area contributed by atoms with Crippen LogP contribution in [0.5, 0.6) is 0 Å². The van der Waals surface area contributed by atoms with Crippen LogP contribution in [-0.4, -0.2) is 25.7 Å². The summed E-state index contributed by atoms with van der Waals surface area (Å²) in [6.07, 6.45) is 8.09. The highest BCUT2D eigenvalue weighted by molar-refractivity contribution is 5.97. The van der Waals surface area contributed by atoms with Crippen LogP contribution < -0.4 is 10.2 Å². The van der Waals surface area contributed by atoms with Crippen LogP contribution in [0.2, 0.25) is 0 Å². The van der Waals surface area contributed by atoms with Gasteiger partial charge in [0, 0.05) is 31.3 Å². The molecule has 5 heteroatoms. The molecule has 0 saturated carbocycles. The average molecular weight is 314 g/mol. The van der Waals surface area contributed by atoms with E-state index in [0.717, 1.165) is 29.8 Å². The van der Waals surface area contributed by atoms with E-state index in [4.69, 9.17) is 4.74 Å². The van der Waals surface area contributed by atoms with Gasteiger partial charge in [0.2, 0.25) is 11.8 Å². The van der Waals surface area contributed by atoms with Gasteiger partial charge in [0.15, 0.2) is 0 Å². The quantitative estimate of drug-likeness (QED) is 0.850. The minimum atomic E-state index is 0.0436. The third-order valence-electron chi connectivity index (χ3n) is 4.38. The van der Waals surface area contributed by atoms with Gasteiger partial charge in [-0.15, -0.1) is 0 Å². The molecule has 1 aromatic rings. The van der Waals surface area contributed by atoms with Gasteiger partial charge in [-0.3, -0.25) is 14.5 Å². The molecular formula is C18H22N2O3. The van der Waals surface area contributed by atoms with E-state index in [1.807, 2.05) is 18.2 Å². The van der Waals surface area contributed by atoms with E-state index in [0.29, 0.717) is 25.2 Å². The predicted octanol–water partition coefficient (Wildman–Crippen LogP) is 2.86. The maximum Gasteiger partial charge on any atom is 0.229 e. The number of methoxy groups -OCH3 is 1. The Morgan fingerprint density at radius 3 is 3.00 bits per heavy atom. The summed E-state index contributed by atoms with van der Waals surface area (Å²) in [5.41, 5.74) is 2.74. The fourth-order valence-corrected chi connectivity index (χ4v) is 3.22. The molecule has 23 heavy (non-hydrogen) atoms. The maximum absolute atomic E-state index is 12.1. The minimum absolute atomic E-state index is 0.0436.